The number of anilines is 3. The molecule has 0 radical (unpaired) electrons. The van der Waals surface area contributed by atoms with Crippen LogP contribution in [0.1, 0.15) is 0 Å². The zero-order valence-corrected chi connectivity index (χ0v) is 12.4. The van der Waals surface area contributed by atoms with Crippen molar-refractivity contribution >= 4 is 40.7 Å². The van der Waals surface area contributed by atoms with Crippen molar-refractivity contribution in [3.8, 4) is 0 Å². The van der Waals surface area contributed by atoms with Crippen LogP contribution in [0.25, 0.3) is 0 Å². The van der Waals surface area contributed by atoms with E-state index in [0.717, 1.165) is 5.69 Å². The Morgan fingerprint density at radius 2 is 2.05 bits per heavy atom. The highest BCUT2D eigenvalue weighted by molar-refractivity contribution is 6.42. The minimum Gasteiger partial charge on any atom is -0.383 e. The topological polar surface area (TPSA) is 59.1 Å². The SMILES string of the molecule is COCCNc1nccc(Nc2ccc(Cl)c(Cl)c2)n1. The van der Waals surface area contributed by atoms with E-state index in [0.29, 0.717) is 35.0 Å². The highest BCUT2D eigenvalue weighted by atomic mass is 35.5. The predicted molar refractivity (Wildman–Crippen MR) is 82.1 cm³/mol. The Labute approximate surface area is 127 Å². The summed E-state index contributed by atoms with van der Waals surface area (Å²) in [5.41, 5.74) is 0.806. The number of ether oxygens (including phenoxy) is 1. The average Bonchev–Trinajstić information content (AvgIpc) is 2.44. The molecule has 0 spiro atoms. The lowest BCUT2D eigenvalue weighted by molar-refractivity contribution is 0.210. The molecule has 2 rings (SSSR count). The molecule has 7 heteroatoms. The van der Waals surface area contributed by atoms with Gasteiger partial charge in [-0.15, -0.1) is 0 Å². The number of nitrogens with one attached hydrogen (secondary N) is 2. The molecule has 2 N–H and O–H groups in total. The Morgan fingerprint density at radius 1 is 1.20 bits per heavy atom. The van der Waals surface area contributed by atoms with Gasteiger partial charge in [0.15, 0.2) is 0 Å². The monoisotopic (exact) mass is 312 g/mol. The molecule has 0 saturated carbocycles. The Kier molecular flexibility index (Phi) is 5.40. The molecule has 106 valence electrons. The van der Waals surface area contributed by atoms with E-state index in [9.17, 15) is 0 Å². The van der Waals surface area contributed by atoms with Gasteiger partial charge in [0.2, 0.25) is 5.95 Å². The summed E-state index contributed by atoms with van der Waals surface area (Å²) >= 11 is 11.8. The van der Waals surface area contributed by atoms with Gasteiger partial charge < -0.3 is 15.4 Å². The molecule has 0 bridgehead atoms. The summed E-state index contributed by atoms with van der Waals surface area (Å²) < 4.78 is 4.95. The largest absolute Gasteiger partial charge is 0.383 e. The van der Waals surface area contributed by atoms with Crippen LogP contribution in [0, 0.1) is 0 Å². The molecular weight excluding hydrogens is 299 g/mol. The summed E-state index contributed by atoms with van der Waals surface area (Å²) in [4.78, 5) is 8.45. The van der Waals surface area contributed by atoms with Crippen LogP contribution >= 0.6 is 23.2 Å². The van der Waals surface area contributed by atoms with E-state index < -0.39 is 0 Å². The van der Waals surface area contributed by atoms with Gasteiger partial charge in [-0.05, 0) is 24.3 Å². The first-order valence-electron chi connectivity index (χ1n) is 5.97. The van der Waals surface area contributed by atoms with Crippen LogP contribution in [0.3, 0.4) is 0 Å². The Bertz CT molecular complexity index is 580. The Morgan fingerprint density at radius 3 is 2.80 bits per heavy atom. The standard InChI is InChI=1S/C13H14Cl2N4O/c1-20-7-6-17-13-16-5-4-12(19-13)18-9-2-3-10(14)11(15)8-9/h2-5,8H,6-7H2,1H3,(H2,16,17,18,19). The second kappa shape index (κ2) is 7.28. The van der Waals surface area contributed by atoms with Crippen molar-refractivity contribution in [2.24, 2.45) is 0 Å². The van der Waals surface area contributed by atoms with Crippen LogP contribution in [0.2, 0.25) is 10.0 Å². The minimum atomic E-state index is 0.490. The van der Waals surface area contributed by atoms with E-state index in [2.05, 4.69) is 20.6 Å². The maximum absolute atomic E-state index is 5.96. The van der Waals surface area contributed by atoms with Crippen LogP contribution in [-0.2, 0) is 4.74 Å². The van der Waals surface area contributed by atoms with E-state index in [4.69, 9.17) is 27.9 Å². The van der Waals surface area contributed by atoms with Gasteiger partial charge in [0.25, 0.3) is 0 Å². The molecule has 1 aromatic carbocycles. The van der Waals surface area contributed by atoms with Crippen molar-refractivity contribution in [2.75, 3.05) is 30.9 Å². The first-order valence-corrected chi connectivity index (χ1v) is 6.72. The molecule has 5 nitrogen and oxygen atoms in total. The number of aromatic nitrogens is 2. The van der Waals surface area contributed by atoms with Crippen molar-refractivity contribution in [2.45, 2.75) is 0 Å². The van der Waals surface area contributed by atoms with Crippen LogP contribution in [-0.4, -0.2) is 30.2 Å². The molecule has 0 unspecified atom stereocenters. The summed E-state index contributed by atoms with van der Waals surface area (Å²) in [5.74, 6) is 1.20. The quantitative estimate of drug-likeness (QED) is 0.798. The fourth-order valence-electron chi connectivity index (χ4n) is 1.50. The highest BCUT2D eigenvalue weighted by Gasteiger charge is 2.02. The van der Waals surface area contributed by atoms with E-state index in [-0.39, 0.29) is 0 Å². The summed E-state index contributed by atoms with van der Waals surface area (Å²) in [7, 11) is 1.64. The number of hydrogen-bond acceptors (Lipinski definition) is 5. The van der Waals surface area contributed by atoms with Gasteiger partial charge in [-0.25, -0.2) is 4.98 Å². The van der Waals surface area contributed by atoms with E-state index in [1.807, 2.05) is 6.07 Å². The molecule has 0 amide bonds. The fourth-order valence-corrected chi connectivity index (χ4v) is 1.80. The molecule has 20 heavy (non-hydrogen) atoms. The molecule has 1 heterocycles. The molecular formula is C13H14Cl2N4O. The van der Waals surface area contributed by atoms with Gasteiger partial charge in [-0.2, -0.15) is 4.98 Å². The molecule has 0 fully saturated rings. The Hall–Kier alpha value is -1.56. The molecule has 0 aliphatic rings. The minimum absolute atomic E-state index is 0.490. The van der Waals surface area contributed by atoms with E-state index in [1.165, 1.54) is 0 Å². The normalized spacial score (nSPS) is 10.3. The number of rotatable bonds is 6. The summed E-state index contributed by atoms with van der Waals surface area (Å²) in [6.45, 7) is 1.24. The summed E-state index contributed by atoms with van der Waals surface area (Å²) in [6, 6.07) is 7.06. The molecule has 0 atom stereocenters. The maximum Gasteiger partial charge on any atom is 0.224 e. The molecule has 1 aromatic heterocycles. The highest BCUT2D eigenvalue weighted by Crippen LogP contribution is 2.26. The lowest BCUT2D eigenvalue weighted by Crippen LogP contribution is -2.10. The fraction of sp³-hybridized carbons (Fsp3) is 0.231. The second-order valence-electron chi connectivity index (χ2n) is 3.94. The van der Waals surface area contributed by atoms with Gasteiger partial charge in [0, 0.05) is 25.5 Å². The van der Waals surface area contributed by atoms with Crippen molar-refractivity contribution < 1.29 is 4.74 Å². The lowest BCUT2D eigenvalue weighted by Gasteiger charge is -2.08. The number of hydrogen-bond donors (Lipinski definition) is 2. The van der Waals surface area contributed by atoms with Crippen molar-refractivity contribution in [3.05, 3.63) is 40.5 Å². The van der Waals surface area contributed by atoms with E-state index >= 15 is 0 Å². The first-order chi connectivity index (χ1) is 9.69. The van der Waals surface area contributed by atoms with Gasteiger partial charge in [0.05, 0.1) is 16.7 Å². The van der Waals surface area contributed by atoms with Gasteiger partial charge >= 0.3 is 0 Å². The van der Waals surface area contributed by atoms with Gasteiger partial charge in [-0.1, -0.05) is 23.2 Å². The number of methoxy groups -OCH3 is 1. The number of halogens is 2. The number of benzene rings is 1. The van der Waals surface area contributed by atoms with Crippen LogP contribution < -0.4 is 10.6 Å². The summed E-state index contributed by atoms with van der Waals surface area (Å²) in [5, 5.41) is 7.20. The van der Waals surface area contributed by atoms with Crippen LogP contribution in [0.15, 0.2) is 30.5 Å². The summed E-state index contributed by atoms with van der Waals surface area (Å²) in [6.07, 6.45) is 1.67. The van der Waals surface area contributed by atoms with Crippen molar-refractivity contribution in [3.63, 3.8) is 0 Å². The van der Waals surface area contributed by atoms with Gasteiger partial charge in [0.1, 0.15) is 5.82 Å². The third kappa shape index (κ3) is 4.23. The first kappa shape index (κ1) is 14.8. The van der Waals surface area contributed by atoms with Crippen molar-refractivity contribution in [1.29, 1.82) is 0 Å². The maximum atomic E-state index is 5.96. The smallest absolute Gasteiger partial charge is 0.224 e. The molecule has 0 saturated heterocycles. The van der Waals surface area contributed by atoms with Crippen LogP contribution in [0.5, 0.6) is 0 Å². The van der Waals surface area contributed by atoms with Crippen molar-refractivity contribution in [1.82, 2.24) is 9.97 Å². The third-order valence-electron chi connectivity index (χ3n) is 2.44. The second-order valence-corrected chi connectivity index (χ2v) is 4.75. The lowest BCUT2D eigenvalue weighted by atomic mass is 10.3. The molecule has 0 aliphatic heterocycles. The van der Waals surface area contributed by atoms with Gasteiger partial charge in [-0.3, -0.25) is 0 Å². The zero-order valence-electron chi connectivity index (χ0n) is 10.9. The number of nitrogens with zero attached hydrogens (tertiary/aromatic N) is 2. The van der Waals surface area contributed by atoms with Crippen LogP contribution in [0.4, 0.5) is 17.5 Å². The molecule has 0 aliphatic carbocycles. The third-order valence-corrected chi connectivity index (χ3v) is 3.18. The van der Waals surface area contributed by atoms with E-state index in [1.54, 1.807) is 31.5 Å². The molecule has 2 aromatic rings. The zero-order chi connectivity index (χ0) is 14.4. The Balaban J connectivity index is 2.05. The average molecular weight is 313 g/mol. The predicted octanol–water partition coefficient (Wildman–Crippen LogP) is 3.59.